The summed E-state index contributed by atoms with van der Waals surface area (Å²) in [5.74, 6) is -0.214. The summed E-state index contributed by atoms with van der Waals surface area (Å²) < 4.78 is 0. The number of nitrogens with one attached hydrogen (secondary N) is 1. The van der Waals surface area contributed by atoms with Crippen molar-refractivity contribution in [2.45, 2.75) is 27.2 Å². The van der Waals surface area contributed by atoms with Gasteiger partial charge >= 0.3 is 0 Å². The molecule has 1 N–H and O–H groups in total. The second kappa shape index (κ2) is 5.49. The molecule has 3 nitrogen and oxygen atoms in total. The lowest BCUT2D eigenvalue weighted by Crippen LogP contribution is -2.37. The van der Waals surface area contributed by atoms with Crippen LogP contribution in [-0.4, -0.2) is 12.5 Å². The van der Waals surface area contributed by atoms with E-state index in [2.05, 4.69) is 24.4 Å². The molecule has 1 aromatic carbocycles. The first-order valence-electron chi connectivity index (χ1n) is 5.71. The quantitative estimate of drug-likeness (QED) is 0.862. The monoisotopic (exact) mass is 230 g/mol. The summed E-state index contributed by atoms with van der Waals surface area (Å²) >= 11 is 0. The molecule has 0 heterocycles. The molecular weight excluding hydrogens is 212 g/mol. The highest BCUT2D eigenvalue weighted by Crippen LogP contribution is 2.13. The minimum atomic E-state index is -0.953. The Bertz CT molecular complexity index is 444. The maximum absolute atomic E-state index is 11.6. The van der Waals surface area contributed by atoms with Crippen molar-refractivity contribution in [2.75, 3.05) is 6.54 Å². The van der Waals surface area contributed by atoms with Gasteiger partial charge in [-0.05, 0) is 38.3 Å². The van der Waals surface area contributed by atoms with E-state index < -0.39 is 5.41 Å². The molecule has 0 radical (unpaired) electrons. The minimum Gasteiger partial charge on any atom is -0.354 e. The number of nitrogens with zero attached hydrogens (tertiary/aromatic N) is 1. The second-order valence-electron chi connectivity index (χ2n) is 4.67. The van der Waals surface area contributed by atoms with Gasteiger partial charge in [-0.3, -0.25) is 4.79 Å². The maximum Gasteiger partial charge on any atom is 0.239 e. The Labute approximate surface area is 102 Å². The van der Waals surface area contributed by atoms with Crippen molar-refractivity contribution < 1.29 is 4.79 Å². The van der Waals surface area contributed by atoms with Crippen molar-refractivity contribution in [1.29, 1.82) is 5.26 Å². The standard InChI is InChI=1S/C14H18N2O/c1-11-6-4-5-7-12(11)8-9-16-13(17)14(2,3)10-15/h4-7H,8-9H2,1-3H3,(H,16,17). The van der Waals surface area contributed by atoms with E-state index in [1.165, 1.54) is 11.1 Å². The van der Waals surface area contributed by atoms with Gasteiger partial charge in [0.2, 0.25) is 5.91 Å². The molecule has 17 heavy (non-hydrogen) atoms. The van der Waals surface area contributed by atoms with E-state index in [0.29, 0.717) is 6.54 Å². The third-order valence-corrected chi connectivity index (χ3v) is 2.79. The molecule has 0 saturated carbocycles. The molecule has 0 unspecified atom stereocenters. The van der Waals surface area contributed by atoms with Gasteiger partial charge in [-0.15, -0.1) is 0 Å². The lowest BCUT2D eigenvalue weighted by atomic mass is 9.94. The first-order valence-corrected chi connectivity index (χ1v) is 5.71. The molecule has 0 spiro atoms. The number of benzene rings is 1. The number of hydrogen-bond acceptors (Lipinski definition) is 2. The van der Waals surface area contributed by atoms with Crippen LogP contribution in [0.25, 0.3) is 0 Å². The Hall–Kier alpha value is -1.82. The fourth-order valence-corrected chi connectivity index (χ4v) is 1.47. The van der Waals surface area contributed by atoms with Crippen LogP contribution in [0.5, 0.6) is 0 Å². The number of carbonyl (C=O) groups is 1. The lowest BCUT2D eigenvalue weighted by Gasteiger charge is -2.15. The van der Waals surface area contributed by atoms with Crippen LogP contribution in [0.1, 0.15) is 25.0 Å². The van der Waals surface area contributed by atoms with Gasteiger partial charge in [-0.2, -0.15) is 5.26 Å². The van der Waals surface area contributed by atoms with Crippen LogP contribution in [0.3, 0.4) is 0 Å². The summed E-state index contributed by atoms with van der Waals surface area (Å²) in [6.07, 6.45) is 0.792. The molecule has 0 atom stereocenters. The highest BCUT2D eigenvalue weighted by molar-refractivity contribution is 5.84. The first kappa shape index (κ1) is 13.2. The van der Waals surface area contributed by atoms with Crippen LogP contribution in [-0.2, 0) is 11.2 Å². The van der Waals surface area contributed by atoms with E-state index in [9.17, 15) is 4.79 Å². The zero-order chi connectivity index (χ0) is 12.9. The van der Waals surface area contributed by atoms with E-state index in [1.54, 1.807) is 13.8 Å². The molecule has 1 rings (SSSR count). The molecule has 1 amide bonds. The molecule has 0 aliphatic heterocycles. The third kappa shape index (κ3) is 3.60. The molecule has 0 aromatic heterocycles. The van der Waals surface area contributed by atoms with E-state index in [1.807, 2.05) is 18.2 Å². The molecule has 0 bridgehead atoms. The smallest absolute Gasteiger partial charge is 0.239 e. The van der Waals surface area contributed by atoms with Crippen LogP contribution >= 0.6 is 0 Å². The van der Waals surface area contributed by atoms with Gasteiger partial charge in [-0.1, -0.05) is 24.3 Å². The highest BCUT2D eigenvalue weighted by Gasteiger charge is 2.26. The number of hydrogen-bond donors (Lipinski definition) is 1. The number of nitriles is 1. The summed E-state index contributed by atoms with van der Waals surface area (Å²) in [5.41, 5.74) is 1.50. The van der Waals surface area contributed by atoms with Crippen LogP contribution in [0.4, 0.5) is 0 Å². The van der Waals surface area contributed by atoms with Crippen LogP contribution in [0.15, 0.2) is 24.3 Å². The summed E-state index contributed by atoms with van der Waals surface area (Å²) in [6, 6.07) is 10.1. The Morgan fingerprint density at radius 2 is 2.06 bits per heavy atom. The van der Waals surface area contributed by atoms with Gasteiger partial charge in [0.25, 0.3) is 0 Å². The summed E-state index contributed by atoms with van der Waals surface area (Å²) in [6.45, 7) is 5.86. The average Bonchev–Trinajstić information content (AvgIpc) is 2.31. The Morgan fingerprint density at radius 3 is 2.65 bits per heavy atom. The molecule has 0 saturated heterocycles. The van der Waals surface area contributed by atoms with Crippen molar-refractivity contribution in [3.63, 3.8) is 0 Å². The van der Waals surface area contributed by atoms with Crippen molar-refractivity contribution in [3.05, 3.63) is 35.4 Å². The van der Waals surface area contributed by atoms with Crippen LogP contribution < -0.4 is 5.32 Å². The van der Waals surface area contributed by atoms with Gasteiger partial charge in [0.1, 0.15) is 5.41 Å². The van der Waals surface area contributed by atoms with Gasteiger partial charge in [0, 0.05) is 6.54 Å². The van der Waals surface area contributed by atoms with Crippen molar-refractivity contribution >= 4 is 5.91 Å². The number of rotatable bonds is 4. The SMILES string of the molecule is Cc1ccccc1CCNC(=O)C(C)(C)C#N. The predicted octanol–water partition coefficient (Wildman–Crippen LogP) is 2.20. The van der Waals surface area contributed by atoms with E-state index in [-0.39, 0.29) is 5.91 Å². The average molecular weight is 230 g/mol. The third-order valence-electron chi connectivity index (χ3n) is 2.79. The lowest BCUT2D eigenvalue weighted by molar-refractivity contribution is -0.126. The van der Waals surface area contributed by atoms with Gasteiger partial charge in [0.15, 0.2) is 0 Å². The molecule has 1 aromatic rings. The Kier molecular flexibility index (Phi) is 4.28. The number of carbonyl (C=O) groups excluding carboxylic acids is 1. The number of aryl methyl sites for hydroxylation is 1. The summed E-state index contributed by atoms with van der Waals surface area (Å²) in [5, 5.41) is 11.6. The number of amides is 1. The van der Waals surface area contributed by atoms with E-state index in [0.717, 1.165) is 6.42 Å². The topological polar surface area (TPSA) is 52.9 Å². The van der Waals surface area contributed by atoms with E-state index >= 15 is 0 Å². The first-order chi connectivity index (χ1) is 7.97. The summed E-state index contributed by atoms with van der Waals surface area (Å²) in [4.78, 5) is 11.6. The Balaban J connectivity index is 2.47. The fourth-order valence-electron chi connectivity index (χ4n) is 1.47. The molecule has 90 valence electrons. The minimum absolute atomic E-state index is 0.214. The normalized spacial score (nSPS) is 10.7. The zero-order valence-electron chi connectivity index (χ0n) is 10.6. The van der Waals surface area contributed by atoms with Gasteiger partial charge < -0.3 is 5.32 Å². The Morgan fingerprint density at radius 1 is 1.41 bits per heavy atom. The molecule has 0 aliphatic rings. The van der Waals surface area contributed by atoms with Crippen molar-refractivity contribution in [1.82, 2.24) is 5.32 Å². The molecule has 0 aliphatic carbocycles. The predicted molar refractivity (Wildman–Crippen MR) is 67.3 cm³/mol. The fraction of sp³-hybridized carbons (Fsp3) is 0.429. The maximum atomic E-state index is 11.6. The second-order valence-corrected chi connectivity index (χ2v) is 4.67. The van der Waals surface area contributed by atoms with Crippen LogP contribution in [0, 0.1) is 23.7 Å². The van der Waals surface area contributed by atoms with Gasteiger partial charge in [-0.25, -0.2) is 0 Å². The van der Waals surface area contributed by atoms with Crippen molar-refractivity contribution in [2.24, 2.45) is 5.41 Å². The molecule has 0 fully saturated rings. The molecule has 3 heteroatoms. The van der Waals surface area contributed by atoms with Gasteiger partial charge in [0.05, 0.1) is 6.07 Å². The van der Waals surface area contributed by atoms with Crippen molar-refractivity contribution in [3.8, 4) is 6.07 Å². The zero-order valence-corrected chi connectivity index (χ0v) is 10.6. The summed E-state index contributed by atoms with van der Waals surface area (Å²) in [7, 11) is 0. The molecular formula is C14H18N2O. The highest BCUT2D eigenvalue weighted by atomic mass is 16.2. The van der Waals surface area contributed by atoms with Crippen LogP contribution in [0.2, 0.25) is 0 Å². The largest absolute Gasteiger partial charge is 0.354 e. The van der Waals surface area contributed by atoms with E-state index in [4.69, 9.17) is 5.26 Å².